The van der Waals surface area contributed by atoms with Gasteiger partial charge in [0, 0.05) is 19.2 Å². The zero-order valence-corrected chi connectivity index (χ0v) is 21.1. The van der Waals surface area contributed by atoms with Crippen LogP contribution in [0.3, 0.4) is 0 Å². The maximum atomic E-state index is 13.2. The van der Waals surface area contributed by atoms with Crippen molar-refractivity contribution < 1.29 is 33.6 Å². The Morgan fingerprint density at radius 2 is 1.74 bits per heavy atom. The number of methoxy groups -OCH3 is 3. The number of ketones is 1. The van der Waals surface area contributed by atoms with Crippen LogP contribution >= 0.6 is 0 Å². The number of nitrogens with zero attached hydrogens (tertiary/aromatic N) is 1. The highest BCUT2D eigenvalue weighted by Crippen LogP contribution is 2.42. The summed E-state index contributed by atoms with van der Waals surface area (Å²) < 4.78 is 21.7. The van der Waals surface area contributed by atoms with E-state index in [-0.39, 0.29) is 24.5 Å². The average Bonchev–Trinajstić information content (AvgIpc) is 3.10. The van der Waals surface area contributed by atoms with Crippen LogP contribution in [0.4, 0.5) is 0 Å². The van der Waals surface area contributed by atoms with Gasteiger partial charge in [-0.05, 0) is 54.3 Å². The molecule has 2 aromatic carbocycles. The molecule has 1 aliphatic heterocycles. The Bertz CT molecular complexity index is 1120. The Balaban J connectivity index is 2.13. The van der Waals surface area contributed by atoms with Gasteiger partial charge in [-0.3, -0.25) is 9.59 Å². The van der Waals surface area contributed by atoms with Gasteiger partial charge in [0.2, 0.25) is 0 Å². The quantitative estimate of drug-likeness (QED) is 0.309. The number of benzene rings is 2. The van der Waals surface area contributed by atoms with Crippen LogP contribution in [0.1, 0.15) is 36.6 Å². The molecule has 8 nitrogen and oxygen atoms in total. The van der Waals surface area contributed by atoms with E-state index in [1.165, 1.54) is 26.2 Å². The van der Waals surface area contributed by atoms with Gasteiger partial charge in [0.15, 0.2) is 11.5 Å². The summed E-state index contributed by atoms with van der Waals surface area (Å²) in [6.07, 6.45) is 0. The minimum absolute atomic E-state index is 0.0114. The molecule has 0 aliphatic carbocycles. The van der Waals surface area contributed by atoms with Crippen LogP contribution in [0, 0.1) is 12.8 Å². The lowest BCUT2D eigenvalue weighted by atomic mass is 9.93. The molecule has 0 bridgehead atoms. The van der Waals surface area contributed by atoms with Crippen LogP contribution in [0.5, 0.6) is 17.2 Å². The molecule has 1 amide bonds. The molecule has 1 fully saturated rings. The normalized spacial score (nSPS) is 17.2. The van der Waals surface area contributed by atoms with Crippen molar-refractivity contribution in [2.75, 3.05) is 41.1 Å². The summed E-state index contributed by atoms with van der Waals surface area (Å²) in [5.74, 6) is 0.313. The molecule has 35 heavy (non-hydrogen) atoms. The number of hydrogen-bond donors (Lipinski definition) is 1. The molecule has 2 aromatic rings. The summed E-state index contributed by atoms with van der Waals surface area (Å²) in [4.78, 5) is 27.6. The molecule has 1 aliphatic rings. The molecule has 1 heterocycles. The maximum Gasteiger partial charge on any atom is 0.295 e. The van der Waals surface area contributed by atoms with Gasteiger partial charge in [0.05, 0.1) is 39.0 Å². The first-order valence-corrected chi connectivity index (χ1v) is 11.5. The zero-order chi connectivity index (χ0) is 25.7. The highest BCUT2D eigenvalue weighted by molar-refractivity contribution is 6.46. The number of amides is 1. The van der Waals surface area contributed by atoms with Crippen molar-refractivity contribution in [3.8, 4) is 17.2 Å². The van der Waals surface area contributed by atoms with Crippen molar-refractivity contribution in [3.63, 3.8) is 0 Å². The van der Waals surface area contributed by atoms with Crippen molar-refractivity contribution in [1.82, 2.24) is 4.90 Å². The summed E-state index contributed by atoms with van der Waals surface area (Å²) in [6.45, 7) is 6.92. The summed E-state index contributed by atoms with van der Waals surface area (Å²) in [5, 5.41) is 11.4. The first kappa shape index (κ1) is 26.1. The van der Waals surface area contributed by atoms with Crippen LogP contribution in [0.15, 0.2) is 42.0 Å². The fraction of sp³-hybridized carbons (Fsp3) is 0.407. The molecule has 0 aromatic heterocycles. The minimum Gasteiger partial charge on any atom is -0.507 e. The van der Waals surface area contributed by atoms with E-state index in [0.29, 0.717) is 40.9 Å². The number of aliphatic hydroxyl groups excluding tert-OH is 1. The number of hydrogen-bond acceptors (Lipinski definition) is 7. The molecule has 1 saturated heterocycles. The number of likely N-dealkylation sites (tertiary alicyclic amines) is 1. The van der Waals surface area contributed by atoms with Crippen LogP contribution in [0.2, 0.25) is 0 Å². The molecule has 1 atom stereocenters. The number of Topliss-reactive ketones (excluding diaryl/α,β-unsaturated/α-hetero) is 1. The Hall–Kier alpha value is -3.52. The van der Waals surface area contributed by atoms with Crippen molar-refractivity contribution in [3.05, 3.63) is 58.7 Å². The van der Waals surface area contributed by atoms with Gasteiger partial charge in [0.25, 0.3) is 11.7 Å². The molecular formula is C27H33NO7. The minimum atomic E-state index is -0.818. The van der Waals surface area contributed by atoms with Gasteiger partial charge in [-0.25, -0.2) is 0 Å². The average molecular weight is 484 g/mol. The van der Waals surface area contributed by atoms with Gasteiger partial charge in [-0.15, -0.1) is 0 Å². The van der Waals surface area contributed by atoms with Crippen molar-refractivity contribution in [2.45, 2.75) is 26.8 Å². The molecule has 188 valence electrons. The molecular weight excluding hydrogens is 450 g/mol. The fourth-order valence-corrected chi connectivity index (χ4v) is 4.07. The predicted molar refractivity (Wildman–Crippen MR) is 132 cm³/mol. The van der Waals surface area contributed by atoms with Crippen molar-refractivity contribution in [2.24, 2.45) is 5.92 Å². The monoisotopic (exact) mass is 483 g/mol. The first-order chi connectivity index (χ1) is 16.7. The van der Waals surface area contributed by atoms with Gasteiger partial charge in [-0.2, -0.15) is 0 Å². The standard InChI is InChI=1S/C27H33NO7/c1-16(2)15-35-19-8-9-20(17(3)13-19)25(29)23-24(28(11-12-32-4)27(31)26(23)30)18-7-10-21(33-5)22(14-18)34-6/h7-10,13-14,16,24,29H,11-12,15H2,1-6H3. The predicted octanol–water partition coefficient (Wildman–Crippen LogP) is 4.12. The second kappa shape index (κ2) is 11.3. The summed E-state index contributed by atoms with van der Waals surface area (Å²) >= 11 is 0. The lowest BCUT2D eigenvalue weighted by Crippen LogP contribution is -2.32. The number of ether oxygens (including phenoxy) is 4. The Morgan fingerprint density at radius 3 is 2.34 bits per heavy atom. The number of aryl methyl sites for hydroxylation is 1. The van der Waals surface area contributed by atoms with E-state index in [2.05, 4.69) is 13.8 Å². The van der Waals surface area contributed by atoms with Gasteiger partial charge >= 0.3 is 0 Å². The van der Waals surface area contributed by atoms with E-state index in [0.717, 1.165) is 5.56 Å². The van der Waals surface area contributed by atoms with Crippen LogP contribution in [-0.4, -0.2) is 62.8 Å². The summed E-state index contributed by atoms with van der Waals surface area (Å²) in [7, 11) is 4.56. The molecule has 1 unspecified atom stereocenters. The second-order valence-electron chi connectivity index (χ2n) is 8.78. The molecule has 0 radical (unpaired) electrons. The molecule has 8 heteroatoms. The van der Waals surface area contributed by atoms with Gasteiger partial charge in [0.1, 0.15) is 11.5 Å². The topological polar surface area (TPSA) is 94.5 Å². The fourth-order valence-electron chi connectivity index (χ4n) is 4.07. The number of carbonyl (C=O) groups is 2. The lowest BCUT2D eigenvalue weighted by Gasteiger charge is -2.25. The third kappa shape index (κ3) is 5.43. The Kier molecular flexibility index (Phi) is 8.40. The maximum absolute atomic E-state index is 13.2. The highest BCUT2D eigenvalue weighted by Gasteiger charge is 2.46. The first-order valence-electron chi connectivity index (χ1n) is 11.5. The molecule has 3 rings (SSSR count). The SMILES string of the molecule is COCCN1C(=O)C(=O)C(=C(O)c2ccc(OCC(C)C)cc2C)C1c1ccc(OC)c(OC)c1. The van der Waals surface area contributed by atoms with Gasteiger partial charge < -0.3 is 29.0 Å². The van der Waals surface area contributed by atoms with E-state index < -0.39 is 17.7 Å². The van der Waals surface area contributed by atoms with Crippen LogP contribution < -0.4 is 14.2 Å². The van der Waals surface area contributed by atoms with Crippen LogP contribution in [-0.2, 0) is 14.3 Å². The van der Waals surface area contributed by atoms with E-state index in [1.54, 1.807) is 30.3 Å². The largest absolute Gasteiger partial charge is 0.507 e. The van der Waals surface area contributed by atoms with Gasteiger partial charge in [-0.1, -0.05) is 19.9 Å². The van der Waals surface area contributed by atoms with E-state index in [1.807, 2.05) is 13.0 Å². The Morgan fingerprint density at radius 1 is 1.03 bits per heavy atom. The number of rotatable bonds is 10. The van der Waals surface area contributed by atoms with Crippen molar-refractivity contribution in [1.29, 1.82) is 0 Å². The van der Waals surface area contributed by atoms with E-state index >= 15 is 0 Å². The third-order valence-corrected chi connectivity index (χ3v) is 5.84. The molecule has 0 spiro atoms. The van der Waals surface area contributed by atoms with E-state index in [9.17, 15) is 14.7 Å². The summed E-state index contributed by atoms with van der Waals surface area (Å²) in [6, 6.07) is 9.60. The number of aliphatic hydroxyl groups is 1. The molecule has 1 N–H and O–H groups in total. The zero-order valence-electron chi connectivity index (χ0n) is 21.1. The lowest BCUT2D eigenvalue weighted by molar-refractivity contribution is -0.140. The number of carbonyl (C=O) groups excluding carboxylic acids is 2. The third-order valence-electron chi connectivity index (χ3n) is 5.84. The second-order valence-corrected chi connectivity index (χ2v) is 8.78. The highest BCUT2D eigenvalue weighted by atomic mass is 16.5. The molecule has 0 saturated carbocycles. The van der Waals surface area contributed by atoms with Crippen molar-refractivity contribution >= 4 is 17.4 Å². The van der Waals surface area contributed by atoms with E-state index in [4.69, 9.17) is 18.9 Å². The van der Waals surface area contributed by atoms with Crippen LogP contribution in [0.25, 0.3) is 5.76 Å². The smallest absolute Gasteiger partial charge is 0.295 e. The Labute approximate surface area is 206 Å². The summed E-state index contributed by atoms with van der Waals surface area (Å²) in [5.41, 5.74) is 1.79.